The highest BCUT2D eigenvalue weighted by Crippen LogP contribution is 2.19. The molecule has 3 rings (SSSR count). The van der Waals surface area contributed by atoms with Gasteiger partial charge in [-0.1, -0.05) is 42.5 Å². The fourth-order valence-corrected chi connectivity index (χ4v) is 2.09. The second-order valence-electron chi connectivity index (χ2n) is 4.74. The first-order valence-corrected chi connectivity index (χ1v) is 6.34. The van der Waals surface area contributed by atoms with E-state index in [0.29, 0.717) is 12.6 Å². The molecule has 2 aromatic rings. The van der Waals surface area contributed by atoms with Crippen molar-refractivity contribution in [1.82, 2.24) is 10.6 Å². The molecule has 0 bridgehead atoms. The molecule has 92 valence electrons. The lowest BCUT2D eigenvalue weighted by Gasteiger charge is -2.09. The third kappa shape index (κ3) is 2.45. The van der Waals surface area contributed by atoms with E-state index in [4.69, 9.17) is 0 Å². The van der Waals surface area contributed by atoms with Crippen LogP contribution in [0.15, 0.2) is 42.5 Å². The van der Waals surface area contributed by atoms with Crippen LogP contribution in [0, 0.1) is 0 Å². The molecule has 1 fully saturated rings. The third-order valence-electron chi connectivity index (χ3n) is 3.23. The van der Waals surface area contributed by atoms with Gasteiger partial charge in [0.15, 0.2) is 0 Å². The first kappa shape index (κ1) is 11.1. The monoisotopic (exact) mass is 240 g/mol. The molecule has 1 aliphatic rings. The Hall–Kier alpha value is -2.03. The molecule has 0 heterocycles. The largest absolute Gasteiger partial charge is 0.335 e. The number of hydrogen-bond acceptors (Lipinski definition) is 1. The summed E-state index contributed by atoms with van der Waals surface area (Å²) < 4.78 is 0. The maximum Gasteiger partial charge on any atom is 0.315 e. The Balaban J connectivity index is 1.71. The number of amides is 2. The third-order valence-corrected chi connectivity index (χ3v) is 3.23. The van der Waals surface area contributed by atoms with Crippen LogP contribution in [0.25, 0.3) is 10.8 Å². The number of benzene rings is 2. The molecule has 2 N–H and O–H groups in total. The van der Waals surface area contributed by atoms with Gasteiger partial charge in [0.25, 0.3) is 0 Å². The topological polar surface area (TPSA) is 41.1 Å². The molecule has 0 saturated heterocycles. The number of urea groups is 1. The van der Waals surface area contributed by atoms with Crippen molar-refractivity contribution in [2.75, 3.05) is 0 Å². The molecule has 0 radical (unpaired) electrons. The van der Waals surface area contributed by atoms with Crippen LogP contribution in [0.1, 0.15) is 18.4 Å². The number of nitrogens with one attached hydrogen (secondary N) is 2. The summed E-state index contributed by atoms with van der Waals surface area (Å²) in [7, 11) is 0. The Morgan fingerprint density at radius 3 is 2.72 bits per heavy atom. The quantitative estimate of drug-likeness (QED) is 0.851. The van der Waals surface area contributed by atoms with Crippen LogP contribution >= 0.6 is 0 Å². The summed E-state index contributed by atoms with van der Waals surface area (Å²) in [6.45, 7) is 0.569. The van der Waals surface area contributed by atoms with Crippen LogP contribution in [0.4, 0.5) is 4.79 Å². The van der Waals surface area contributed by atoms with Gasteiger partial charge in [-0.2, -0.15) is 0 Å². The zero-order chi connectivity index (χ0) is 12.4. The Bertz CT molecular complexity index is 570. The summed E-state index contributed by atoms with van der Waals surface area (Å²) in [5, 5.41) is 8.24. The average Bonchev–Trinajstić information content (AvgIpc) is 3.20. The molecule has 18 heavy (non-hydrogen) atoms. The summed E-state index contributed by atoms with van der Waals surface area (Å²) >= 11 is 0. The van der Waals surface area contributed by atoms with Crippen molar-refractivity contribution in [1.29, 1.82) is 0 Å². The van der Waals surface area contributed by atoms with Crippen LogP contribution in [0.3, 0.4) is 0 Å². The molecule has 1 saturated carbocycles. The zero-order valence-corrected chi connectivity index (χ0v) is 10.1. The van der Waals surface area contributed by atoms with E-state index >= 15 is 0 Å². The van der Waals surface area contributed by atoms with Gasteiger partial charge < -0.3 is 10.6 Å². The van der Waals surface area contributed by atoms with E-state index in [1.807, 2.05) is 18.2 Å². The van der Waals surface area contributed by atoms with Gasteiger partial charge in [-0.05, 0) is 29.2 Å². The lowest BCUT2D eigenvalue weighted by Crippen LogP contribution is -2.36. The van der Waals surface area contributed by atoms with Crippen LogP contribution < -0.4 is 10.6 Å². The van der Waals surface area contributed by atoms with Gasteiger partial charge in [0.1, 0.15) is 0 Å². The minimum atomic E-state index is -0.0644. The highest BCUT2D eigenvalue weighted by atomic mass is 16.2. The van der Waals surface area contributed by atoms with E-state index < -0.39 is 0 Å². The van der Waals surface area contributed by atoms with E-state index in [0.717, 1.165) is 18.4 Å². The molecule has 1 aliphatic carbocycles. The fourth-order valence-electron chi connectivity index (χ4n) is 2.09. The van der Waals surface area contributed by atoms with Gasteiger partial charge in [-0.3, -0.25) is 0 Å². The SMILES string of the molecule is O=C(NCc1cccc2ccccc12)NC1CC1. The van der Waals surface area contributed by atoms with Gasteiger partial charge in [-0.15, -0.1) is 0 Å². The van der Waals surface area contributed by atoms with Gasteiger partial charge in [0.2, 0.25) is 0 Å². The van der Waals surface area contributed by atoms with Gasteiger partial charge in [0, 0.05) is 12.6 Å². The van der Waals surface area contributed by atoms with Crippen molar-refractivity contribution < 1.29 is 4.79 Å². The van der Waals surface area contributed by atoms with Crippen LogP contribution in [-0.2, 0) is 6.54 Å². The second-order valence-corrected chi connectivity index (χ2v) is 4.74. The fraction of sp³-hybridized carbons (Fsp3) is 0.267. The van der Waals surface area contributed by atoms with Crippen LogP contribution in [-0.4, -0.2) is 12.1 Å². The molecular weight excluding hydrogens is 224 g/mol. The van der Waals surface area contributed by atoms with E-state index in [1.54, 1.807) is 0 Å². The average molecular weight is 240 g/mol. The summed E-state index contributed by atoms with van der Waals surface area (Å²) in [4.78, 5) is 11.6. The summed E-state index contributed by atoms with van der Waals surface area (Å²) in [5.41, 5.74) is 1.15. The number of carbonyl (C=O) groups is 1. The summed E-state index contributed by atoms with van der Waals surface area (Å²) in [6, 6.07) is 14.7. The van der Waals surface area contributed by atoms with Crippen molar-refractivity contribution in [3.63, 3.8) is 0 Å². The van der Waals surface area contributed by atoms with Crippen molar-refractivity contribution in [2.24, 2.45) is 0 Å². The number of rotatable bonds is 3. The number of fused-ring (bicyclic) bond motifs is 1. The van der Waals surface area contributed by atoms with Crippen molar-refractivity contribution in [3.8, 4) is 0 Å². The normalized spacial score (nSPS) is 14.4. The smallest absolute Gasteiger partial charge is 0.315 e. The van der Waals surface area contributed by atoms with Crippen molar-refractivity contribution in [2.45, 2.75) is 25.4 Å². The molecule has 0 unspecified atom stereocenters. The van der Waals surface area contributed by atoms with Gasteiger partial charge in [-0.25, -0.2) is 4.79 Å². The first-order chi connectivity index (χ1) is 8.83. The molecule has 3 heteroatoms. The highest BCUT2D eigenvalue weighted by molar-refractivity contribution is 5.86. The molecule has 2 amide bonds. The van der Waals surface area contributed by atoms with E-state index in [1.165, 1.54) is 10.8 Å². The Morgan fingerprint density at radius 1 is 1.11 bits per heavy atom. The lowest BCUT2D eigenvalue weighted by molar-refractivity contribution is 0.240. The van der Waals surface area contributed by atoms with Crippen LogP contribution in [0.5, 0.6) is 0 Å². The molecule has 0 atom stereocenters. The molecule has 0 aromatic heterocycles. The minimum Gasteiger partial charge on any atom is -0.335 e. The van der Waals surface area contributed by atoms with Crippen molar-refractivity contribution in [3.05, 3.63) is 48.0 Å². The zero-order valence-electron chi connectivity index (χ0n) is 10.1. The van der Waals surface area contributed by atoms with Crippen molar-refractivity contribution >= 4 is 16.8 Å². The highest BCUT2D eigenvalue weighted by Gasteiger charge is 2.22. The lowest BCUT2D eigenvalue weighted by atomic mass is 10.0. The molecule has 3 nitrogen and oxygen atoms in total. The molecule has 2 aromatic carbocycles. The number of carbonyl (C=O) groups excluding carboxylic acids is 1. The van der Waals surface area contributed by atoms with E-state index in [-0.39, 0.29) is 6.03 Å². The molecule has 0 spiro atoms. The van der Waals surface area contributed by atoms with Crippen LogP contribution in [0.2, 0.25) is 0 Å². The minimum absolute atomic E-state index is 0.0644. The van der Waals surface area contributed by atoms with E-state index in [9.17, 15) is 4.79 Å². The number of hydrogen-bond donors (Lipinski definition) is 2. The molecular formula is C15H16N2O. The maximum absolute atomic E-state index is 11.6. The van der Waals surface area contributed by atoms with Gasteiger partial charge in [0.05, 0.1) is 0 Å². The van der Waals surface area contributed by atoms with Gasteiger partial charge >= 0.3 is 6.03 Å². The van der Waals surface area contributed by atoms with E-state index in [2.05, 4.69) is 34.9 Å². The summed E-state index contributed by atoms with van der Waals surface area (Å²) in [6.07, 6.45) is 2.23. The molecule has 0 aliphatic heterocycles. The summed E-state index contributed by atoms with van der Waals surface area (Å²) in [5.74, 6) is 0. The first-order valence-electron chi connectivity index (χ1n) is 6.34. The Labute approximate surface area is 106 Å². The Morgan fingerprint density at radius 2 is 1.89 bits per heavy atom. The Kier molecular flexibility index (Phi) is 2.89. The second kappa shape index (κ2) is 4.69. The predicted octanol–water partition coefficient (Wildman–Crippen LogP) is 2.80. The predicted molar refractivity (Wildman–Crippen MR) is 72.3 cm³/mol. The maximum atomic E-state index is 11.6. The standard InChI is InChI=1S/C15H16N2O/c18-15(17-13-8-9-13)16-10-12-6-3-5-11-4-1-2-7-14(11)12/h1-7,13H,8-10H2,(H2,16,17,18).